The van der Waals surface area contributed by atoms with Gasteiger partial charge in [-0.3, -0.25) is 19.2 Å². The van der Waals surface area contributed by atoms with Crippen LogP contribution in [-0.2, 0) is 32.3 Å². The van der Waals surface area contributed by atoms with Crippen LogP contribution in [-0.4, -0.2) is 56.9 Å². The highest BCUT2D eigenvalue weighted by Crippen LogP contribution is 2.49. The fraction of sp³-hybridized carbons (Fsp3) is 0.333. The van der Waals surface area contributed by atoms with E-state index in [1.807, 2.05) is 100 Å². The van der Waals surface area contributed by atoms with E-state index in [4.69, 9.17) is 9.47 Å². The molecule has 2 amide bonds. The van der Waals surface area contributed by atoms with E-state index in [1.54, 1.807) is 24.3 Å². The topological polar surface area (TPSA) is 134 Å². The molecule has 0 spiro atoms. The maximum absolute atomic E-state index is 14.1. The molecule has 2 N–H and O–H groups in total. The summed E-state index contributed by atoms with van der Waals surface area (Å²) >= 11 is 0. The third-order valence-electron chi connectivity index (χ3n) is 9.34. The Kier molecular flexibility index (Phi) is 12.3. The van der Waals surface area contributed by atoms with Gasteiger partial charge in [0.05, 0.1) is 23.7 Å². The van der Waals surface area contributed by atoms with Crippen LogP contribution in [0.25, 0.3) is 0 Å². The van der Waals surface area contributed by atoms with Gasteiger partial charge in [-0.25, -0.2) is 0 Å². The van der Waals surface area contributed by atoms with Crippen molar-refractivity contribution in [2.45, 2.75) is 53.6 Å². The standard InChI is InChI=1S/C42H46N2O8/c1-5-21-43(25-29-13-17-31(18-14-29)51-33-11-7-9-27(3)23-33)39(45)35-37(41(47)48)36(38(35)42(49)50)40(46)44(22-6-2)26-30-15-19-32(20-16-30)52-34-12-8-10-28(4)24-34/h7-20,23-24,35-38H,5-6,21-22,25-26H2,1-4H3,(H,47,48)(H,49,50). The Morgan fingerprint density at radius 2 is 0.904 bits per heavy atom. The summed E-state index contributed by atoms with van der Waals surface area (Å²) in [4.78, 5) is 56.5. The normalized spacial score (nSPS) is 17.8. The van der Waals surface area contributed by atoms with Crippen LogP contribution in [0.2, 0.25) is 0 Å². The molecule has 5 rings (SSSR count). The highest BCUT2D eigenvalue weighted by molar-refractivity contribution is 5.99. The molecule has 0 radical (unpaired) electrons. The molecule has 1 aliphatic carbocycles. The van der Waals surface area contributed by atoms with Crippen molar-refractivity contribution in [1.29, 1.82) is 0 Å². The maximum atomic E-state index is 14.1. The lowest BCUT2D eigenvalue weighted by molar-refractivity contribution is -0.187. The van der Waals surface area contributed by atoms with Crippen molar-refractivity contribution in [3.05, 3.63) is 119 Å². The Morgan fingerprint density at radius 1 is 0.538 bits per heavy atom. The molecule has 272 valence electrons. The highest BCUT2D eigenvalue weighted by atomic mass is 16.5. The maximum Gasteiger partial charge on any atom is 0.308 e. The number of carboxylic acids is 2. The highest BCUT2D eigenvalue weighted by Gasteiger charge is 2.64. The van der Waals surface area contributed by atoms with Crippen LogP contribution in [0.3, 0.4) is 0 Å². The average Bonchev–Trinajstić information content (AvgIpc) is 3.08. The van der Waals surface area contributed by atoms with Gasteiger partial charge in [-0.05, 0) is 97.5 Å². The summed E-state index contributed by atoms with van der Waals surface area (Å²) in [5, 5.41) is 20.7. The Bertz CT molecular complexity index is 1730. The largest absolute Gasteiger partial charge is 0.481 e. The minimum Gasteiger partial charge on any atom is -0.481 e. The van der Waals surface area contributed by atoms with Gasteiger partial charge in [-0.1, -0.05) is 62.4 Å². The first-order valence-corrected chi connectivity index (χ1v) is 17.7. The minimum atomic E-state index is -1.48. The van der Waals surface area contributed by atoms with Crippen molar-refractivity contribution in [3.8, 4) is 23.0 Å². The fourth-order valence-electron chi connectivity index (χ4n) is 6.87. The summed E-state index contributed by atoms with van der Waals surface area (Å²) in [6.45, 7) is 8.61. The lowest BCUT2D eigenvalue weighted by atomic mass is 9.55. The molecular formula is C42H46N2O8. The molecule has 52 heavy (non-hydrogen) atoms. The third-order valence-corrected chi connectivity index (χ3v) is 9.34. The van der Waals surface area contributed by atoms with Crippen LogP contribution in [0.4, 0.5) is 0 Å². The zero-order valence-corrected chi connectivity index (χ0v) is 30.0. The molecule has 10 nitrogen and oxygen atoms in total. The molecule has 0 bridgehead atoms. The van der Waals surface area contributed by atoms with E-state index in [-0.39, 0.29) is 13.1 Å². The molecule has 1 aliphatic rings. The van der Waals surface area contributed by atoms with E-state index in [0.29, 0.717) is 48.9 Å². The van der Waals surface area contributed by atoms with Gasteiger partial charge in [0.25, 0.3) is 0 Å². The van der Waals surface area contributed by atoms with Gasteiger partial charge in [0.2, 0.25) is 11.8 Å². The van der Waals surface area contributed by atoms with E-state index in [1.165, 1.54) is 9.80 Å². The lowest BCUT2D eigenvalue weighted by Crippen LogP contribution is -2.64. The van der Waals surface area contributed by atoms with E-state index in [0.717, 1.165) is 22.3 Å². The molecular weight excluding hydrogens is 660 g/mol. The quantitative estimate of drug-likeness (QED) is 0.121. The number of carbonyl (C=O) groups is 4. The van der Waals surface area contributed by atoms with Crippen molar-refractivity contribution < 1.29 is 38.9 Å². The Morgan fingerprint density at radius 3 is 1.21 bits per heavy atom. The van der Waals surface area contributed by atoms with Gasteiger partial charge >= 0.3 is 11.9 Å². The Balaban J connectivity index is 1.30. The number of hydrogen-bond donors (Lipinski definition) is 2. The van der Waals surface area contributed by atoms with E-state index in [9.17, 15) is 29.4 Å². The zero-order chi connectivity index (χ0) is 37.4. The number of carboxylic acid groups (broad SMARTS) is 2. The monoisotopic (exact) mass is 706 g/mol. The number of rotatable bonds is 16. The lowest BCUT2D eigenvalue weighted by Gasteiger charge is -2.48. The van der Waals surface area contributed by atoms with Crippen LogP contribution in [0, 0.1) is 37.5 Å². The second-order valence-electron chi connectivity index (χ2n) is 13.4. The summed E-state index contributed by atoms with van der Waals surface area (Å²) in [6, 6.07) is 29.8. The molecule has 0 aliphatic heterocycles. The zero-order valence-electron chi connectivity index (χ0n) is 30.0. The SMILES string of the molecule is CCCN(Cc1ccc(Oc2cccc(C)c2)cc1)C(=O)C1C(C(=O)O)C(C(=O)N(CCC)Cc2ccc(Oc3cccc(C)c3)cc2)C1C(=O)O. The molecule has 0 atom stereocenters. The number of hydrogen-bond acceptors (Lipinski definition) is 6. The molecule has 4 aromatic rings. The van der Waals surface area contributed by atoms with Gasteiger partial charge in [0, 0.05) is 26.2 Å². The summed E-state index contributed by atoms with van der Waals surface area (Å²) < 4.78 is 11.9. The second-order valence-corrected chi connectivity index (χ2v) is 13.4. The van der Waals surface area contributed by atoms with Gasteiger partial charge < -0.3 is 29.5 Å². The average molecular weight is 707 g/mol. The molecule has 0 aromatic heterocycles. The predicted molar refractivity (Wildman–Crippen MR) is 196 cm³/mol. The van der Waals surface area contributed by atoms with Crippen LogP contribution in [0.15, 0.2) is 97.1 Å². The number of aliphatic carboxylic acids is 2. The van der Waals surface area contributed by atoms with Crippen LogP contribution >= 0.6 is 0 Å². The number of ether oxygens (including phenoxy) is 2. The Labute approximate surface area is 304 Å². The predicted octanol–water partition coefficient (Wildman–Crippen LogP) is 7.71. The first-order chi connectivity index (χ1) is 25.0. The van der Waals surface area contributed by atoms with Crippen molar-refractivity contribution >= 4 is 23.8 Å². The minimum absolute atomic E-state index is 0.150. The first-order valence-electron chi connectivity index (χ1n) is 17.7. The fourth-order valence-corrected chi connectivity index (χ4v) is 6.87. The summed E-state index contributed by atoms with van der Waals surface area (Å²) in [5.41, 5.74) is 3.67. The van der Waals surface area contributed by atoms with Crippen LogP contribution < -0.4 is 9.47 Å². The van der Waals surface area contributed by atoms with Gasteiger partial charge in [-0.2, -0.15) is 0 Å². The molecule has 4 aromatic carbocycles. The molecule has 1 saturated carbocycles. The van der Waals surface area contributed by atoms with Gasteiger partial charge in [-0.15, -0.1) is 0 Å². The van der Waals surface area contributed by atoms with Crippen molar-refractivity contribution in [2.75, 3.05) is 13.1 Å². The smallest absolute Gasteiger partial charge is 0.308 e. The number of nitrogens with zero attached hydrogens (tertiary/aromatic N) is 2. The molecule has 10 heteroatoms. The van der Waals surface area contributed by atoms with Crippen molar-refractivity contribution in [1.82, 2.24) is 9.80 Å². The van der Waals surface area contributed by atoms with Gasteiger partial charge in [0.1, 0.15) is 23.0 Å². The van der Waals surface area contributed by atoms with E-state index in [2.05, 4.69) is 0 Å². The number of aryl methyl sites for hydroxylation is 2. The molecule has 0 saturated heterocycles. The third kappa shape index (κ3) is 8.98. The molecule has 0 heterocycles. The second kappa shape index (κ2) is 17.0. The molecule has 1 fully saturated rings. The molecule has 0 unspecified atom stereocenters. The van der Waals surface area contributed by atoms with Crippen LogP contribution in [0.1, 0.15) is 48.9 Å². The van der Waals surface area contributed by atoms with E-state index >= 15 is 0 Å². The number of amides is 2. The van der Waals surface area contributed by atoms with Crippen molar-refractivity contribution in [2.24, 2.45) is 23.7 Å². The van der Waals surface area contributed by atoms with Crippen molar-refractivity contribution in [3.63, 3.8) is 0 Å². The summed E-state index contributed by atoms with van der Waals surface area (Å²) in [6.07, 6.45) is 1.15. The Hall–Kier alpha value is -5.64. The van der Waals surface area contributed by atoms with Gasteiger partial charge in [0.15, 0.2) is 0 Å². The van der Waals surface area contributed by atoms with E-state index < -0.39 is 47.4 Å². The number of carbonyl (C=O) groups excluding carboxylic acids is 2. The summed E-state index contributed by atoms with van der Waals surface area (Å²) in [5.74, 6) is -7.01. The van der Waals surface area contributed by atoms with Crippen LogP contribution in [0.5, 0.6) is 23.0 Å². The summed E-state index contributed by atoms with van der Waals surface area (Å²) in [7, 11) is 0. The number of benzene rings is 4. The first kappa shape index (κ1) is 37.6.